The Morgan fingerprint density at radius 3 is 2.57 bits per heavy atom. The SMILES string of the molecule is CC1(CO)CC2C(O)C3=C(CC(C)(O)C2C1)C(=O)OC3O. The van der Waals surface area contributed by atoms with Crippen molar-refractivity contribution in [3.05, 3.63) is 11.1 Å². The number of esters is 1. The first-order valence-corrected chi connectivity index (χ1v) is 7.32. The Labute approximate surface area is 123 Å². The summed E-state index contributed by atoms with van der Waals surface area (Å²) in [5.74, 6) is -1.22. The summed E-state index contributed by atoms with van der Waals surface area (Å²) in [5.41, 5.74) is -1.17. The molecule has 6 unspecified atom stereocenters. The van der Waals surface area contributed by atoms with Gasteiger partial charge < -0.3 is 25.2 Å². The van der Waals surface area contributed by atoms with Crippen LogP contribution in [-0.2, 0) is 9.53 Å². The molecule has 118 valence electrons. The van der Waals surface area contributed by atoms with Crippen LogP contribution < -0.4 is 0 Å². The maximum atomic E-state index is 11.8. The highest BCUT2D eigenvalue weighted by atomic mass is 16.6. The highest BCUT2D eigenvalue weighted by Crippen LogP contribution is 2.55. The van der Waals surface area contributed by atoms with Gasteiger partial charge in [-0.1, -0.05) is 6.92 Å². The normalized spacial score (nSPS) is 49.7. The zero-order valence-corrected chi connectivity index (χ0v) is 12.2. The molecule has 21 heavy (non-hydrogen) atoms. The number of fused-ring (bicyclic) bond motifs is 1. The predicted octanol–water partition coefficient (Wildman–Crippen LogP) is -0.301. The van der Waals surface area contributed by atoms with Crippen LogP contribution in [0.15, 0.2) is 11.1 Å². The van der Waals surface area contributed by atoms with E-state index < -0.39 is 24.0 Å². The molecule has 0 spiro atoms. The Balaban J connectivity index is 2.05. The van der Waals surface area contributed by atoms with Crippen molar-refractivity contribution in [3.8, 4) is 0 Å². The van der Waals surface area contributed by atoms with E-state index in [2.05, 4.69) is 0 Å². The quantitative estimate of drug-likeness (QED) is 0.495. The molecule has 0 bridgehead atoms. The molecule has 0 aromatic heterocycles. The Morgan fingerprint density at radius 2 is 1.95 bits per heavy atom. The molecule has 6 atom stereocenters. The maximum absolute atomic E-state index is 11.8. The van der Waals surface area contributed by atoms with Crippen molar-refractivity contribution in [2.24, 2.45) is 17.3 Å². The van der Waals surface area contributed by atoms with Crippen LogP contribution in [0.1, 0.15) is 33.1 Å². The first-order chi connectivity index (χ1) is 9.68. The fraction of sp³-hybridized carbons (Fsp3) is 0.800. The molecule has 0 radical (unpaired) electrons. The van der Waals surface area contributed by atoms with E-state index in [1.165, 1.54) is 0 Å². The van der Waals surface area contributed by atoms with E-state index in [1.54, 1.807) is 6.92 Å². The molecule has 3 rings (SSSR count). The van der Waals surface area contributed by atoms with E-state index in [1.807, 2.05) is 6.92 Å². The molecular formula is C15H22O6. The molecule has 1 saturated carbocycles. The summed E-state index contributed by atoms with van der Waals surface area (Å²) in [5, 5.41) is 40.9. The maximum Gasteiger partial charge on any atom is 0.336 e. The molecule has 1 aliphatic heterocycles. The molecule has 1 heterocycles. The van der Waals surface area contributed by atoms with Gasteiger partial charge in [0.15, 0.2) is 0 Å². The van der Waals surface area contributed by atoms with Gasteiger partial charge in [-0.15, -0.1) is 0 Å². The summed E-state index contributed by atoms with van der Waals surface area (Å²) >= 11 is 0. The van der Waals surface area contributed by atoms with Crippen LogP contribution in [0.2, 0.25) is 0 Å². The summed E-state index contributed by atoms with van der Waals surface area (Å²) in [6, 6.07) is 0. The minimum Gasteiger partial charge on any atom is -0.428 e. The summed E-state index contributed by atoms with van der Waals surface area (Å²) in [7, 11) is 0. The highest BCUT2D eigenvalue weighted by molar-refractivity contribution is 5.92. The van der Waals surface area contributed by atoms with E-state index in [0.717, 1.165) is 0 Å². The average Bonchev–Trinajstić information content (AvgIpc) is 2.86. The molecule has 0 aromatic carbocycles. The van der Waals surface area contributed by atoms with Crippen LogP contribution in [0, 0.1) is 17.3 Å². The molecule has 0 aromatic rings. The topological polar surface area (TPSA) is 107 Å². The number of aliphatic hydroxyl groups excluding tert-OH is 3. The van der Waals surface area contributed by atoms with Gasteiger partial charge in [0.05, 0.1) is 11.7 Å². The first-order valence-electron chi connectivity index (χ1n) is 7.32. The summed E-state index contributed by atoms with van der Waals surface area (Å²) in [6.07, 6.45) is -1.31. The van der Waals surface area contributed by atoms with Crippen molar-refractivity contribution in [2.45, 2.75) is 51.1 Å². The Morgan fingerprint density at radius 1 is 1.29 bits per heavy atom. The van der Waals surface area contributed by atoms with Gasteiger partial charge in [-0.05, 0) is 37.0 Å². The van der Waals surface area contributed by atoms with E-state index in [-0.39, 0.29) is 41.4 Å². The number of hydrogen-bond acceptors (Lipinski definition) is 6. The Hall–Kier alpha value is -0.950. The molecule has 4 N–H and O–H groups in total. The Kier molecular flexibility index (Phi) is 3.22. The van der Waals surface area contributed by atoms with Crippen LogP contribution in [0.3, 0.4) is 0 Å². The second-order valence-electron chi connectivity index (χ2n) is 7.32. The monoisotopic (exact) mass is 298 g/mol. The zero-order chi connectivity index (χ0) is 15.6. The molecule has 0 saturated heterocycles. The fourth-order valence-corrected chi connectivity index (χ4v) is 4.34. The van der Waals surface area contributed by atoms with Crippen LogP contribution in [0.4, 0.5) is 0 Å². The van der Waals surface area contributed by atoms with Gasteiger partial charge >= 0.3 is 5.97 Å². The van der Waals surface area contributed by atoms with Gasteiger partial charge in [0.25, 0.3) is 0 Å². The molecule has 3 aliphatic rings. The zero-order valence-electron chi connectivity index (χ0n) is 12.2. The lowest BCUT2D eigenvalue weighted by Gasteiger charge is -2.34. The lowest BCUT2D eigenvalue weighted by atomic mass is 9.77. The summed E-state index contributed by atoms with van der Waals surface area (Å²) < 4.78 is 4.78. The highest BCUT2D eigenvalue weighted by Gasteiger charge is 2.57. The number of hydrogen-bond donors (Lipinski definition) is 4. The molecule has 6 heteroatoms. The third-order valence-corrected chi connectivity index (χ3v) is 5.48. The molecular weight excluding hydrogens is 276 g/mol. The van der Waals surface area contributed by atoms with Crippen molar-refractivity contribution in [1.29, 1.82) is 0 Å². The number of aliphatic hydroxyl groups is 4. The fourth-order valence-electron chi connectivity index (χ4n) is 4.34. The number of carbonyl (C=O) groups excluding carboxylic acids is 1. The summed E-state index contributed by atoms with van der Waals surface area (Å²) in [6.45, 7) is 3.55. The number of carbonyl (C=O) groups is 1. The van der Waals surface area contributed by atoms with Gasteiger partial charge in [0.1, 0.15) is 0 Å². The molecule has 6 nitrogen and oxygen atoms in total. The number of rotatable bonds is 1. The van der Waals surface area contributed by atoms with Crippen LogP contribution >= 0.6 is 0 Å². The predicted molar refractivity (Wildman–Crippen MR) is 71.8 cm³/mol. The van der Waals surface area contributed by atoms with Crippen LogP contribution in [0.25, 0.3) is 0 Å². The van der Waals surface area contributed by atoms with Crippen LogP contribution in [-0.4, -0.2) is 51.0 Å². The van der Waals surface area contributed by atoms with E-state index in [0.29, 0.717) is 12.8 Å². The second-order valence-corrected chi connectivity index (χ2v) is 7.32. The van der Waals surface area contributed by atoms with Crippen molar-refractivity contribution in [3.63, 3.8) is 0 Å². The minimum absolute atomic E-state index is 0.0211. The van der Waals surface area contributed by atoms with Gasteiger partial charge in [-0.3, -0.25) is 0 Å². The third-order valence-electron chi connectivity index (χ3n) is 5.48. The first kappa shape index (κ1) is 15.0. The smallest absolute Gasteiger partial charge is 0.336 e. The van der Waals surface area contributed by atoms with Crippen molar-refractivity contribution in [2.75, 3.05) is 6.61 Å². The van der Waals surface area contributed by atoms with E-state index in [4.69, 9.17) is 4.74 Å². The number of cyclic esters (lactones) is 1. The molecule has 1 fully saturated rings. The minimum atomic E-state index is -1.43. The van der Waals surface area contributed by atoms with Gasteiger partial charge in [0.2, 0.25) is 6.29 Å². The van der Waals surface area contributed by atoms with E-state index in [9.17, 15) is 25.2 Å². The molecule has 0 amide bonds. The van der Waals surface area contributed by atoms with E-state index >= 15 is 0 Å². The van der Waals surface area contributed by atoms with Crippen molar-refractivity contribution in [1.82, 2.24) is 0 Å². The van der Waals surface area contributed by atoms with Gasteiger partial charge in [-0.25, -0.2) is 4.79 Å². The second kappa shape index (κ2) is 4.52. The third kappa shape index (κ3) is 2.12. The lowest BCUT2D eigenvalue weighted by molar-refractivity contribution is -0.154. The summed E-state index contributed by atoms with van der Waals surface area (Å²) in [4.78, 5) is 11.8. The average molecular weight is 298 g/mol. The van der Waals surface area contributed by atoms with Crippen molar-refractivity contribution < 1.29 is 30.0 Å². The largest absolute Gasteiger partial charge is 0.428 e. The van der Waals surface area contributed by atoms with Crippen LogP contribution in [0.5, 0.6) is 0 Å². The Bertz CT molecular complexity index is 510. The number of ether oxygens (including phenoxy) is 1. The van der Waals surface area contributed by atoms with Gasteiger partial charge in [-0.2, -0.15) is 0 Å². The lowest BCUT2D eigenvalue weighted by Crippen LogP contribution is -2.40. The standard InChI is InChI=1S/C15H22O6/c1-14(6-16)3-7-9(5-14)15(2,20)4-8-10(11(7)17)13(19)21-12(8)18/h7,9,11,13,16-17,19-20H,3-6H2,1-2H3. The van der Waals surface area contributed by atoms with Gasteiger partial charge in [0, 0.05) is 24.2 Å². The molecule has 2 aliphatic carbocycles. The van der Waals surface area contributed by atoms with Crippen molar-refractivity contribution >= 4 is 5.97 Å².